The van der Waals surface area contributed by atoms with E-state index in [1.165, 1.54) is 5.56 Å². The minimum atomic E-state index is -0.339. The van der Waals surface area contributed by atoms with Crippen LogP contribution in [0.2, 0.25) is 0 Å². The fraction of sp³-hybridized carbons (Fsp3) is 0.368. The zero-order valence-corrected chi connectivity index (χ0v) is 12.7. The van der Waals surface area contributed by atoms with Crippen LogP contribution in [0.25, 0.3) is 0 Å². The summed E-state index contributed by atoms with van der Waals surface area (Å²) in [5.74, 6) is 1.80. The number of hydrogen-bond donors (Lipinski definition) is 1. The molecule has 116 valence electrons. The van der Waals surface area contributed by atoms with Gasteiger partial charge in [0.15, 0.2) is 0 Å². The Balaban J connectivity index is 1.49. The van der Waals surface area contributed by atoms with Crippen molar-refractivity contribution in [2.24, 2.45) is 0 Å². The summed E-state index contributed by atoms with van der Waals surface area (Å²) in [5, 5.41) is 10.0. The Kier molecular flexibility index (Phi) is 4.96. The first kappa shape index (κ1) is 14.9. The second kappa shape index (κ2) is 7.32. The maximum atomic E-state index is 10.0. The molecule has 0 spiro atoms. The van der Waals surface area contributed by atoms with Crippen LogP contribution >= 0.6 is 0 Å². The van der Waals surface area contributed by atoms with Crippen LogP contribution in [0.3, 0.4) is 0 Å². The van der Waals surface area contributed by atoms with E-state index in [2.05, 4.69) is 0 Å². The Labute approximate surface area is 131 Å². The summed E-state index contributed by atoms with van der Waals surface area (Å²) in [6.45, 7) is 1.26. The molecule has 22 heavy (non-hydrogen) atoms. The molecule has 2 aromatic rings. The van der Waals surface area contributed by atoms with Gasteiger partial charge < -0.3 is 14.6 Å². The van der Waals surface area contributed by atoms with Crippen molar-refractivity contribution in [1.29, 1.82) is 0 Å². The van der Waals surface area contributed by atoms with E-state index in [4.69, 9.17) is 9.47 Å². The van der Waals surface area contributed by atoms with Gasteiger partial charge in [0.1, 0.15) is 11.5 Å². The van der Waals surface area contributed by atoms with E-state index in [9.17, 15) is 5.11 Å². The van der Waals surface area contributed by atoms with E-state index in [0.717, 1.165) is 42.7 Å². The molecule has 1 aliphatic rings. The third-order valence-corrected chi connectivity index (χ3v) is 3.99. The fourth-order valence-corrected chi connectivity index (χ4v) is 2.87. The predicted molar refractivity (Wildman–Crippen MR) is 86.4 cm³/mol. The maximum Gasteiger partial charge on any atom is 0.122 e. The van der Waals surface area contributed by atoms with E-state index in [1.807, 2.05) is 48.5 Å². The molecule has 0 saturated carbocycles. The van der Waals surface area contributed by atoms with Crippen molar-refractivity contribution < 1.29 is 14.6 Å². The van der Waals surface area contributed by atoms with Gasteiger partial charge in [0, 0.05) is 6.42 Å². The van der Waals surface area contributed by atoms with Gasteiger partial charge in [0.2, 0.25) is 0 Å². The lowest BCUT2D eigenvalue weighted by molar-refractivity contribution is 0.155. The number of fused-ring (bicyclic) bond motifs is 1. The quantitative estimate of drug-likeness (QED) is 0.822. The molecule has 0 unspecified atom stereocenters. The first-order valence-corrected chi connectivity index (χ1v) is 7.95. The summed E-state index contributed by atoms with van der Waals surface area (Å²) in [6.07, 6.45) is 3.35. The van der Waals surface area contributed by atoms with Gasteiger partial charge in [-0.1, -0.05) is 30.3 Å². The third-order valence-electron chi connectivity index (χ3n) is 3.99. The summed E-state index contributed by atoms with van der Waals surface area (Å²) in [5.41, 5.74) is 2.20. The van der Waals surface area contributed by atoms with Gasteiger partial charge in [0.05, 0.1) is 19.3 Å². The molecule has 1 atom stereocenters. The van der Waals surface area contributed by atoms with Crippen molar-refractivity contribution in [3.8, 4) is 11.5 Å². The van der Waals surface area contributed by atoms with E-state index < -0.39 is 0 Å². The first-order chi connectivity index (χ1) is 10.8. The minimum absolute atomic E-state index is 0.339. The highest BCUT2D eigenvalue weighted by Crippen LogP contribution is 2.35. The molecule has 0 heterocycles. The van der Waals surface area contributed by atoms with E-state index in [0.29, 0.717) is 13.2 Å². The van der Waals surface area contributed by atoms with Crippen LogP contribution in [0.5, 0.6) is 11.5 Å². The number of rotatable bonds is 6. The lowest BCUT2D eigenvalue weighted by Crippen LogP contribution is -2.12. The molecular weight excluding hydrogens is 276 g/mol. The summed E-state index contributed by atoms with van der Waals surface area (Å²) in [4.78, 5) is 0. The van der Waals surface area contributed by atoms with Crippen LogP contribution in [0.4, 0.5) is 0 Å². The molecule has 3 heteroatoms. The fourth-order valence-electron chi connectivity index (χ4n) is 2.87. The molecule has 0 aromatic heterocycles. The molecular formula is C19H22O3. The molecule has 3 nitrogen and oxygen atoms in total. The standard InChI is InChI=1S/C19H22O3/c20-18-11-4-10-17-16(18)9-5-12-19(17)22-14-6-13-21-15-7-2-1-3-8-15/h1-3,5,7-9,12,18,20H,4,6,10-11,13-14H2/t18-/m1/s1. The average molecular weight is 298 g/mol. The summed E-state index contributed by atoms with van der Waals surface area (Å²) in [6, 6.07) is 15.8. The molecule has 0 bridgehead atoms. The summed E-state index contributed by atoms with van der Waals surface area (Å²) in [7, 11) is 0. The Hall–Kier alpha value is -2.00. The van der Waals surface area contributed by atoms with Crippen molar-refractivity contribution in [1.82, 2.24) is 0 Å². The van der Waals surface area contributed by atoms with Crippen LogP contribution in [-0.4, -0.2) is 18.3 Å². The van der Waals surface area contributed by atoms with Crippen molar-refractivity contribution in [2.75, 3.05) is 13.2 Å². The zero-order valence-electron chi connectivity index (χ0n) is 12.7. The highest BCUT2D eigenvalue weighted by Gasteiger charge is 2.20. The van der Waals surface area contributed by atoms with Crippen molar-refractivity contribution in [3.05, 3.63) is 59.7 Å². The Morgan fingerprint density at radius 2 is 1.77 bits per heavy atom. The number of aliphatic hydroxyl groups excluding tert-OH is 1. The maximum absolute atomic E-state index is 10.0. The number of benzene rings is 2. The Bertz CT molecular complexity index is 595. The number of hydrogen-bond acceptors (Lipinski definition) is 3. The van der Waals surface area contributed by atoms with Gasteiger partial charge >= 0.3 is 0 Å². The van der Waals surface area contributed by atoms with Crippen LogP contribution in [0.1, 0.15) is 36.5 Å². The smallest absolute Gasteiger partial charge is 0.122 e. The van der Waals surface area contributed by atoms with Gasteiger partial charge in [-0.3, -0.25) is 0 Å². The first-order valence-electron chi connectivity index (χ1n) is 7.95. The molecule has 3 rings (SSSR count). The van der Waals surface area contributed by atoms with Gasteiger partial charge in [-0.05, 0) is 48.6 Å². The average Bonchev–Trinajstić information content (AvgIpc) is 2.56. The Morgan fingerprint density at radius 3 is 2.64 bits per heavy atom. The van der Waals surface area contributed by atoms with Crippen LogP contribution < -0.4 is 9.47 Å². The second-order valence-electron chi connectivity index (χ2n) is 5.60. The molecule has 0 saturated heterocycles. The van der Waals surface area contributed by atoms with Crippen molar-refractivity contribution in [3.63, 3.8) is 0 Å². The third kappa shape index (κ3) is 3.60. The molecule has 0 fully saturated rings. The molecule has 0 amide bonds. The molecule has 0 aliphatic heterocycles. The highest BCUT2D eigenvalue weighted by molar-refractivity contribution is 5.42. The van der Waals surface area contributed by atoms with Crippen LogP contribution in [-0.2, 0) is 6.42 Å². The number of ether oxygens (including phenoxy) is 2. The summed E-state index contributed by atoms with van der Waals surface area (Å²) < 4.78 is 11.6. The minimum Gasteiger partial charge on any atom is -0.493 e. The molecule has 1 aliphatic carbocycles. The van der Waals surface area contributed by atoms with Gasteiger partial charge in [0.25, 0.3) is 0 Å². The van der Waals surface area contributed by atoms with Crippen LogP contribution in [0.15, 0.2) is 48.5 Å². The molecule has 0 radical (unpaired) electrons. The number of para-hydroxylation sites is 1. The van der Waals surface area contributed by atoms with E-state index in [1.54, 1.807) is 0 Å². The second-order valence-corrected chi connectivity index (χ2v) is 5.60. The lowest BCUT2D eigenvalue weighted by Gasteiger charge is -2.23. The van der Waals surface area contributed by atoms with Gasteiger partial charge in [-0.2, -0.15) is 0 Å². The van der Waals surface area contributed by atoms with Gasteiger partial charge in [-0.15, -0.1) is 0 Å². The SMILES string of the molecule is O[C@@H]1CCCc2c(OCCCOc3ccccc3)cccc21. The topological polar surface area (TPSA) is 38.7 Å². The highest BCUT2D eigenvalue weighted by atomic mass is 16.5. The monoisotopic (exact) mass is 298 g/mol. The predicted octanol–water partition coefficient (Wildman–Crippen LogP) is 3.90. The van der Waals surface area contributed by atoms with Crippen LogP contribution in [0, 0.1) is 0 Å². The van der Waals surface area contributed by atoms with Crippen molar-refractivity contribution in [2.45, 2.75) is 31.8 Å². The van der Waals surface area contributed by atoms with Gasteiger partial charge in [-0.25, -0.2) is 0 Å². The normalized spacial score (nSPS) is 16.9. The number of aliphatic hydroxyl groups is 1. The van der Waals surface area contributed by atoms with E-state index >= 15 is 0 Å². The van der Waals surface area contributed by atoms with Crippen molar-refractivity contribution >= 4 is 0 Å². The Morgan fingerprint density at radius 1 is 0.955 bits per heavy atom. The molecule has 1 N–H and O–H groups in total. The zero-order chi connectivity index (χ0) is 15.2. The lowest BCUT2D eigenvalue weighted by atomic mass is 9.89. The molecule has 2 aromatic carbocycles. The summed E-state index contributed by atoms with van der Waals surface area (Å²) >= 11 is 0. The van der Waals surface area contributed by atoms with E-state index in [-0.39, 0.29) is 6.10 Å². The largest absolute Gasteiger partial charge is 0.493 e.